The highest BCUT2D eigenvalue weighted by atomic mass is 16.5. The number of esters is 1. The normalized spacial score (nSPS) is 11.3. The molecule has 158 valence electrons. The summed E-state index contributed by atoms with van der Waals surface area (Å²) >= 11 is 0. The third-order valence-electron chi connectivity index (χ3n) is 4.57. The van der Waals surface area contributed by atoms with Crippen LogP contribution < -0.4 is 10.6 Å². The number of hydrogen-bond donors (Lipinski definition) is 2. The lowest BCUT2D eigenvalue weighted by atomic mass is 10.0. The molecule has 3 rings (SSSR count). The molecule has 0 aromatic heterocycles. The number of hydrogen-bond acceptors (Lipinski definition) is 4. The zero-order valence-electron chi connectivity index (χ0n) is 17.2. The summed E-state index contributed by atoms with van der Waals surface area (Å²) in [6.45, 7) is 2.11. The van der Waals surface area contributed by atoms with Gasteiger partial charge in [-0.05, 0) is 23.6 Å². The van der Waals surface area contributed by atoms with Gasteiger partial charge in [-0.15, -0.1) is 0 Å². The zero-order chi connectivity index (χ0) is 22.1. The number of nitrogens with one attached hydrogen (secondary N) is 2. The fourth-order valence-electron chi connectivity index (χ4n) is 3.07. The Labute approximate surface area is 181 Å². The van der Waals surface area contributed by atoms with Crippen molar-refractivity contribution in [1.82, 2.24) is 10.6 Å². The van der Waals surface area contributed by atoms with Crippen molar-refractivity contribution in [1.29, 1.82) is 0 Å². The molecule has 1 atom stereocenters. The molecule has 3 aromatic rings. The number of carbonyl (C=O) groups excluding carboxylic acids is 3. The van der Waals surface area contributed by atoms with Crippen molar-refractivity contribution in [2.24, 2.45) is 0 Å². The second kappa shape index (κ2) is 10.7. The minimum atomic E-state index is -1.22. The van der Waals surface area contributed by atoms with Crippen LogP contribution in [0, 0.1) is 0 Å². The molecule has 0 heterocycles. The van der Waals surface area contributed by atoms with Crippen LogP contribution in [0.2, 0.25) is 0 Å². The van der Waals surface area contributed by atoms with Gasteiger partial charge in [-0.1, -0.05) is 84.9 Å². The van der Waals surface area contributed by atoms with Crippen LogP contribution >= 0.6 is 0 Å². The molecule has 31 heavy (non-hydrogen) atoms. The van der Waals surface area contributed by atoms with Crippen LogP contribution in [0.15, 0.2) is 84.9 Å². The second-order valence-corrected chi connectivity index (χ2v) is 6.87. The van der Waals surface area contributed by atoms with Gasteiger partial charge >= 0.3 is 12.0 Å². The lowest BCUT2D eigenvalue weighted by Crippen LogP contribution is -2.42. The van der Waals surface area contributed by atoms with Crippen LogP contribution in [0.1, 0.15) is 24.2 Å². The Morgan fingerprint density at radius 1 is 0.806 bits per heavy atom. The molecule has 0 saturated heterocycles. The van der Waals surface area contributed by atoms with Crippen molar-refractivity contribution in [2.75, 3.05) is 6.54 Å². The molecule has 0 aliphatic rings. The third kappa shape index (κ3) is 6.27. The van der Waals surface area contributed by atoms with E-state index in [4.69, 9.17) is 4.74 Å². The highest BCUT2D eigenvalue weighted by Crippen LogP contribution is 2.21. The molecule has 6 nitrogen and oxygen atoms in total. The van der Waals surface area contributed by atoms with E-state index in [1.165, 1.54) is 0 Å². The summed E-state index contributed by atoms with van der Waals surface area (Å²) in [5.74, 6) is -1.27. The largest absolute Gasteiger partial charge is 0.447 e. The van der Waals surface area contributed by atoms with Gasteiger partial charge < -0.3 is 10.1 Å². The molecule has 0 fully saturated rings. The van der Waals surface area contributed by atoms with Crippen LogP contribution in [-0.4, -0.2) is 24.5 Å². The summed E-state index contributed by atoms with van der Waals surface area (Å²) in [5.41, 5.74) is 3.38. The predicted molar refractivity (Wildman–Crippen MR) is 118 cm³/mol. The fourth-order valence-corrected chi connectivity index (χ4v) is 3.07. The molecular formula is C25H24N2O4. The highest BCUT2D eigenvalue weighted by molar-refractivity contribution is 5.97. The monoisotopic (exact) mass is 416 g/mol. The summed E-state index contributed by atoms with van der Waals surface area (Å²) in [6, 6.07) is 25.5. The average molecular weight is 416 g/mol. The molecule has 6 heteroatoms. The molecular weight excluding hydrogens is 392 g/mol. The second-order valence-electron chi connectivity index (χ2n) is 6.87. The number of ether oxygens (including phenoxy) is 1. The minimum absolute atomic E-state index is 0.00679. The van der Waals surface area contributed by atoms with Gasteiger partial charge in [0, 0.05) is 12.1 Å². The maximum atomic E-state index is 12.6. The predicted octanol–water partition coefficient (Wildman–Crippen LogP) is 4.03. The van der Waals surface area contributed by atoms with E-state index in [0.29, 0.717) is 12.1 Å². The zero-order valence-corrected chi connectivity index (χ0v) is 17.2. The minimum Gasteiger partial charge on any atom is -0.447 e. The van der Waals surface area contributed by atoms with E-state index >= 15 is 0 Å². The smallest absolute Gasteiger partial charge is 0.321 e. The van der Waals surface area contributed by atoms with Gasteiger partial charge in [0.15, 0.2) is 0 Å². The van der Waals surface area contributed by atoms with Gasteiger partial charge in [-0.25, -0.2) is 4.79 Å². The molecule has 3 amide bonds. The van der Waals surface area contributed by atoms with Gasteiger partial charge in [0.2, 0.25) is 6.10 Å². The molecule has 0 spiro atoms. The van der Waals surface area contributed by atoms with Crippen molar-refractivity contribution >= 4 is 17.9 Å². The number of amides is 3. The van der Waals surface area contributed by atoms with E-state index < -0.39 is 24.0 Å². The number of carbonyl (C=O) groups is 3. The Bertz CT molecular complexity index is 1020. The number of urea groups is 1. The van der Waals surface area contributed by atoms with Crippen molar-refractivity contribution in [3.8, 4) is 11.1 Å². The van der Waals surface area contributed by atoms with E-state index in [-0.39, 0.29) is 6.42 Å². The summed E-state index contributed by atoms with van der Waals surface area (Å²) < 4.78 is 5.47. The number of rotatable bonds is 7. The van der Waals surface area contributed by atoms with Crippen molar-refractivity contribution in [3.63, 3.8) is 0 Å². The van der Waals surface area contributed by atoms with Gasteiger partial charge in [0.25, 0.3) is 5.91 Å². The van der Waals surface area contributed by atoms with Crippen LogP contribution in [0.5, 0.6) is 0 Å². The van der Waals surface area contributed by atoms with Gasteiger partial charge in [-0.3, -0.25) is 14.9 Å². The Hall–Kier alpha value is -3.93. The SMILES string of the molecule is CCNC(=O)NC(=O)[C@H](OC(=O)Cc1ccc(-c2ccccc2)cc1)c1ccccc1. The first-order valence-corrected chi connectivity index (χ1v) is 10.0. The van der Waals surface area contributed by atoms with Crippen molar-refractivity contribution < 1.29 is 19.1 Å². The quantitative estimate of drug-likeness (QED) is 0.570. The van der Waals surface area contributed by atoms with Crippen LogP contribution in [0.25, 0.3) is 11.1 Å². The fraction of sp³-hybridized carbons (Fsp3) is 0.160. The van der Waals surface area contributed by atoms with Crippen LogP contribution in [-0.2, 0) is 20.7 Å². The van der Waals surface area contributed by atoms with E-state index in [1.807, 2.05) is 54.6 Å². The van der Waals surface area contributed by atoms with Crippen molar-refractivity contribution in [2.45, 2.75) is 19.4 Å². The van der Waals surface area contributed by atoms with Crippen LogP contribution in [0.4, 0.5) is 4.79 Å². The lowest BCUT2D eigenvalue weighted by Gasteiger charge is -2.18. The summed E-state index contributed by atoms with van der Waals surface area (Å²) in [6.07, 6.45) is -1.22. The molecule has 0 aliphatic heterocycles. The van der Waals surface area contributed by atoms with Gasteiger partial charge in [0.05, 0.1) is 6.42 Å². The Balaban J connectivity index is 1.68. The van der Waals surface area contributed by atoms with Gasteiger partial charge in [0.1, 0.15) is 0 Å². The maximum Gasteiger partial charge on any atom is 0.321 e. The highest BCUT2D eigenvalue weighted by Gasteiger charge is 2.26. The molecule has 0 bridgehead atoms. The first kappa shape index (κ1) is 21.8. The molecule has 2 N–H and O–H groups in total. The molecule has 0 radical (unpaired) electrons. The number of benzene rings is 3. The Morgan fingerprint density at radius 3 is 2.00 bits per heavy atom. The van der Waals surface area contributed by atoms with E-state index in [2.05, 4.69) is 10.6 Å². The van der Waals surface area contributed by atoms with E-state index in [0.717, 1.165) is 16.7 Å². The molecule has 0 unspecified atom stereocenters. The first-order chi connectivity index (χ1) is 15.1. The number of imide groups is 1. The maximum absolute atomic E-state index is 12.6. The summed E-state index contributed by atoms with van der Waals surface area (Å²) in [4.78, 5) is 36.9. The molecule has 0 aliphatic carbocycles. The van der Waals surface area contributed by atoms with Crippen molar-refractivity contribution in [3.05, 3.63) is 96.1 Å². The molecule has 0 saturated carbocycles. The summed E-state index contributed by atoms with van der Waals surface area (Å²) in [7, 11) is 0. The molecule has 3 aromatic carbocycles. The standard InChI is InChI=1S/C25H24N2O4/c1-2-26-25(30)27-24(29)23(21-11-7-4-8-12-21)31-22(28)17-18-13-15-20(16-14-18)19-9-5-3-6-10-19/h3-16,23H,2,17H2,1H3,(H2,26,27,29,30)/t23-/m1/s1. The van der Waals surface area contributed by atoms with Gasteiger partial charge in [-0.2, -0.15) is 0 Å². The summed E-state index contributed by atoms with van der Waals surface area (Å²) in [5, 5.41) is 4.69. The van der Waals surface area contributed by atoms with Crippen LogP contribution in [0.3, 0.4) is 0 Å². The topological polar surface area (TPSA) is 84.5 Å². The average Bonchev–Trinajstić information content (AvgIpc) is 2.79. The lowest BCUT2D eigenvalue weighted by molar-refractivity contribution is -0.155. The Kier molecular flexibility index (Phi) is 7.54. The Morgan fingerprint density at radius 2 is 1.39 bits per heavy atom. The third-order valence-corrected chi connectivity index (χ3v) is 4.57. The van der Waals surface area contributed by atoms with E-state index in [9.17, 15) is 14.4 Å². The first-order valence-electron chi connectivity index (χ1n) is 10.0. The van der Waals surface area contributed by atoms with E-state index in [1.54, 1.807) is 37.3 Å².